The topological polar surface area (TPSA) is 34.4 Å². The summed E-state index contributed by atoms with van der Waals surface area (Å²) < 4.78 is 46.0. The lowest BCUT2D eigenvalue weighted by Gasteiger charge is -2.15. The van der Waals surface area contributed by atoms with Gasteiger partial charge in [0.2, 0.25) is 0 Å². The molecule has 0 saturated carbocycles. The van der Waals surface area contributed by atoms with Gasteiger partial charge in [-0.05, 0) is 43.3 Å². The van der Waals surface area contributed by atoms with Gasteiger partial charge in [0.15, 0.2) is 6.61 Å². The third kappa shape index (κ3) is 5.41. The van der Waals surface area contributed by atoms with Gasteiger partial charge in [-0.15, -0.1) is 0 Å². The van der Waals surface area contributed by atoms with E-state index < -0.39 is 12.8 Å². The second-order valence-corrected chi connectivity index (χ2v) is 4.76. The fourth-order valence-corrected chi connectivity index (χ4v) is 1.88. The molecule has 1 aromatic carbocycles. The lowest BCUT2D eigenvalue weighted by atomic mass is 10.2. The summed E-state index contributed by atoms with van der Waals surface area (Å²) >= 11 is 0. The molecule has 0 spiro atoms. The Balaban J connectivity index is 1.84. The lowest BCUT2D eigenvalue weighted by Crippen LogP contribution is -2.19. The quantitative estimate of drug-likeness (QED) is 0.865. The highest BCUT2D eigenvalue weighted by molar-refractivity contribution is 5.47. The zero-order chi connectivity index (χ0) is 15.3. The molecular weight excluding hydrogens is 283 g/mol. The predicted octanol–water partition coefficient (Wildman–Crippen LogP) is 4.26. The zero-order valence-electron chi connectivity index (χ0n) is 11.5. The van der Waals surface area contributed by atoms with Crippen molar-refractivity contribution in [3.05, 3.63) is 48.4 Å². The molecule has 2 aromatic rings. The Kier molecular flexibility index (Phi) is 4.77. The second kappa shape index (κ2) is 6.56. The number of rotatable bonds is 6. The van der Waals surface area contributed by atoms with E-state index in [-0.39, 0.29) is 11.8 Å². The first-order chi connectivity index (χ1) is 9.92. The number of anilines is 1. The summed E-state index contributed by atoms with van der Waals surface area (Å²) in [7, 11) is 0. The molecular formula is C15H16F3NO2. The van der Waals surface area contributed by atoms with Crippen LogP contribution in [0.15, 0.2) is 47.1 Å². The van der Waals surface area contributed by atoms with Crippen LogP contribution in [-0.2, 0) is 6.42 Å². The molecule has 114 valence electrons. The van der Waals surface area contributed by atoms with Gasteiger partial charge in [0.25, 0.3) is 0 Å². The van der Waals surface area contributed by atoms with Crippen LogP contribution in [-0.4, -0.2) is 18.8 Å². The SMILES string of the molecule is CC(Cc1ccco1)Nc1ccc(OCC(F)(F)F)cc1. The van der Waals surface area contributed by atoms with Gasteiger partial charge in [0.05, 0.1) is 6.26 Å². The molecule has 0 aliphatic heterocycles. The maximum absolute atomic E-state index is 12.0. The Morgan fingerprint density at radius 3 is 2.48 bits per heavy atom. The van der Waals surface area contributed by atoms with E-state index in [1.807, 2.05) is 19.1 Å². The van der Waals surface area contributed by atoms with Crippen LogP contribution in [0.1, 0.15) is 12.7 Å². The van der Waals surface area contributed by atoms with E-state index in [0.717, 1.165) is 17.9 Å². The van der Waals surface area contributed by atoms with Crippen LogP contribution in [0.4, 0.5) is 18.9 Å². The minimum Gasteiger partial charge on any atom is -0.484 e. The summed E-state index contributed by atoms with van der Waals surface area (Å²) in [4.78, 5) is 0. The maximum Gasteiger partial charge on any atom is 0.422 e. The first kappa shape index (κ1) is 15.3. The van der Waals surface area contributed by atoms with Crippen molar-refractivity contribution < 1.29 is 22.3 Å². The Morgan fingerprint density at radius 1 is 1.19 bits per heavy atom. The molecule has 0 saturated heterocycles. The van der Waals surface area contributed by atoms with E-state index >= 15 is 0 Å². The van der Waals surface area contributed by atoms with Crippen molar-refractivity contribution in [1.82, 2.24) is 0 Å². The molecule has 1 heterocycles. The Labute approximate surface area is 120 Å². The van der Waals surface area contributed by atoms with E-state index in [1.54, 1.807) is 18.4 Å². The van der Waals surface area contributed by atoms with Gasteiger partial charge in [0.1, 0.15) is 11.5 Å². The van der Waals surface area contributed by atoms with Crippen molar-refractivity contribution >= 4 is 5.69 Å². The highest BCUT2D eigenvalue weighted by Crippen LogP contribution is 2.21. The van der Waals surface area contributed by atoms with Gasteiger partial charge in [-0.3, -0.25) is 0 Å². The van der Waals surface area contributed by atoms with Crippen LogP contribution in [0.25, 0.3) is 0 Å². The molecule has 1 N–H and O–H groups in total. The number of ether oxygens (including phenoxy) is 1. The molecule has 2 rings (SSSR count). The van der Waals surface area contributed by atoms with E-state index in [9.17, 15) is 13.2 Å². The third-order valence-corrected chi connectivity index (χ3v) is 2.76. The van der Waals surface area contributed by atoms with Crippen LogP contribution in [0.5, 0.6) is 5.75 Å². The molecule has 0 aliphatic rings. The van der Waals surface area contributed by atoms with Gasteiger partial charge < -0.3 is 14.5 Å². The normalized spacial score (nSPS) is 13.0. The lowest BCUT2D eigenvalue weighted by molar-refractivity contribution is -0.153. The monoisotopic (exact) mass is 299 g/mol. The standard InChI is InChI=1S/C15H16F3NO2/c1-11(9-14-3-2-8-20-14)19-12-4-6-13(7-5-12)21-10-15(16,17)18/h2-8,11,19H,9-10H2,1H3. The van der Waals surface area contributed by atoms with Crippen molar-refractivity contribution in [2.24, 2.45) is 0 Å². The van der Waals surface area contributed by atoms with Crippen LogP contribution < -0.4 is 10.1 Å². The maximum atomic E-state index is 12.0. The molecule has 3 nitrogen and oxygen atoms in total. The molecule has 0 radical (unpaired) electrons. The summed E-state index contributed by atoms with van der Waals surface area (Å²) in [5.41, 5.74) is 0.813. The van der Waals surface area contributed by atoms with Gasteiger partial charge in [0, 0.05) is 18.2 Å². The van der Waals surface area contributed by atoms with Crippen LogP contribution >= 0.6 is 0 Å². The minimum atomic E-state index is -4.32. The van der Waals surface area contributed by atoms with Gasteiger partial charge in [-0.2, -0.15) is 13.2 Å². The minimum absolute atomic E-state index is 0.137. The number of alkyl halides is 3. The van der Waals surface area contributed by atoms with Gasteiger partial charge >= 0.3 is 6.18 Å². The summed E-state index contributed by atoms with van der Waals surface area (Å²) in [5.74, 6) is 1.07. The molecule has 6 heteroatoms. The number of benzene rings is 1. The van der Waals surface area contributed by atoms with Crippen LogP contribution in [0.2, 0.25) is 0 Å². The van der Waals surface area contributed by atoms with Crippen molar-refractivity contribution in [3.63, 3.8) is 0 Å². The molecule has 0 amide bonds. The van der Waals surface area contributed by atoms with Crippen molar-refractivity contribution in [2.75, 3.05) is 11.9 Å². The van der Waals surface area contributed by atoms with E-state index in [0.29, 0.717) is 0 Å². The summed E-state index contributed by atoms with van der Waals surface area (Å²) in [5, 5.41) is 3.24. The fraction of sp³-hybridized carbons (Fsp3) is 0.333. The Bertz CT molecular complexity index is 535. The summed E-state index contributed by atoms with van der Waals surface area (Å²) in [6, 6.07) is 10.2. The van der Waals surface area contributed by atoms with E-state index in [4.69, 9.17) is 4.42 Å². The Morgan fingerprint density at radius 2 is 1.90 bits per heavy atom. The van der Waals surface area contributed by atoms with Gasteiger partial charge in [-0.25, -0.2) is 0 Å². The smallest absolute Gasteiger partial charge is 0.422 e. The van der Waals surface area contributed by atoms with Crippen molar-refractivity contribution in [1.29, 1.82) is 0 Å². The number of hydrogen-bond acceptors (Lipinski definition) is 3. The second-order valence-electron chi connectivity index (χ2n) is 4.76. The first-order valence-corrected chi connectivity index (χ1v) is 6.51. The van der Waals surface area contributed by atoms with E-state index in [2.05, 4.69) is 10.1 Å². The molecule has 21 heavy (non-hydrogen) atoms. The molecule has 0 aliphatic carbocycles. The number of nitrogens with one attached hydrogen (secondary N) is 1. The molecule has 0 fully saturated rings. The predicted molar refractivity (Wildman–Crippen MR) is 73.5 cm³/mol. The number of furan rings is 1. The molecule has 1 atom stereocenters. The highest BCUT2D eigenvalue weighted by atomic mass is 19.4. The Hall–Kier alpha value is -2.11. The summed E-state index contributed by atoms with van der Waals surface area (Å²) in [6.45, 7) is 0.714. The molecule has 1 unspecified atom stereocenters. The number of halogens is 3. The fourth-order valence-electron chi connectivity index (χ4n) is 1.88. The van der Waals surface area contributed by atoms with Crippen LogP contribution in [0, 0.1) is 0 Å². The number of hydrogen-bond donors (Lipinski definition) is 1. The zero-order valence-corrected chi connectivity index (χ0v) is 11.5. The van der Waals surface area contributed by atoms with Gasteiger partial charge in [-0.1, -0.05) is 0 Å². The average Bonchev–Trinajstić information content (AvgIpc) is 2.89. The highest BCUT2D eigenvalue weighted by Gasteiger charge is 2.28. The third-order valence-electron chi connectivity index (χ3n) is 2.76. The first-order valence-electron chi connectivity index (χ1n) is 6.51. The van der Waals surface area contributed by atoms with Crippen molar-refractivity contribution in [3.8, 4) is 5.75 Å². The largest absolute Gasteiger partial charge is 0.484 e. The van der Waals surface area contributed by atoms with Crippen LogP contribution in [0.3, 0.4) is 0 Å². The summed E-state index contributed by atoms with van der Waals surface area (Å²) in [6.07, 6.45) is -1.98. The average molecular weight is 299 g/mol. The van der Waals surface area contributed by atoms with Crippen molar-refractivity contribution in [2.45, 2.75) is 25.6 Å². The molecule has 0 bridgehead atoms. The van der Waals surface area contributed by atoms with E-state index in [1.165, 1.54) is 12.1 Å². The molecule has 1 aromatic heterocycles.